The van der Waals surface area contributed by atoms with Crippen LogP contribution in [0.5, 0.6) is 0 Å². The number of allylic oxidation sites excluding steroid dienone is 4. The molecule has 1 saturated carbocycles. The van der Waals surface area contributed by atoms with E-state index in [0.29, 0.717) is 45.9 Å². The van der Waals surface area contributed by atoms with E-state index in [1.165, 1.54) is 31.7 Å². The van der Waals surface area contributed by atoms with Crippen molar-refractivity contribution in [1.82, 2.24) is 35.5 Å². The van der Waals surface area contributed by atoms with Gasteiger partial charge in [-0.25, -0.2) is 13.8 Å². The summed E-state index contributed by atoms with van der Waals surface area (Å²) in [7, 11) is 0. The number of fused-ring (bicyclic) bond motifs is 2. The van der Waals surface area contributed by atoms with Crippen molar-refractivity contribution in [2.45, 2.75) is 51.2 Å². The maximum Gasteiger partial charge on any atom is 0.159 e. The third-order valence-electron chi connectivity index (χ3n) is 8.22. The van der Waals surface area contributed by atoms with Gasteiger partial charge >= 0.3 is 0 Å². The largest absolute Gasteiger partial charge is 0.336 e. The number of alkyl halides is 1. The van der Waals surface area contributed by atoms with Gasteiger partial charge in [0, 0.05) is 54.1 Å². The van der Waals surface area contributed by atoms with E-state index in [-0.39, 0.29) is 12.2 Å². The summed E-state index contributed by atoms with van der Waals surface area (Å²) in [6.45, 7) is 3.25. The fourth-order valence-electron chi connectivity index (χ4n) is 5.95. The predicted molar refractivity (Wildman–Crippen MR) is 157 cm³/mol. The Balaban J connectivity index is 1.21. The van der Waals surface area contributed by atoms with Crippen LogP contribution in [-0.2, 0) is 6.54 Å². The van der Waals surface area contributed by atoms with E-state index in [9.17, 15) is 4.39 Å². The van der Waals surface area contributed by atoms with E-state index in [0.717, 1.165) is 34.5 Å². The Morgan fingerprint density at radius 3 is 2.80 bits per heavy atom. The summed E-state index contributed by atoms with van der Waals surface area (Å²) in [5.74, 6) is 0.937. The fraction of sp³-hybridized carbons (Fsp3) is 0.312. The summed E-state index contributed by atoms with van der Waals surface area (Å²) in [6, 6.07) is 7.11. The number of imidazole rings is 1. The molecule has 0 aliphatic heterocycles. The van der Waals surface area contributed by atoms with Gasteiger partial charge in [0.1, 0.15) is 22.7 Å². The van der Waals surface area contributed by atoms with Gasteiger partial charge in [-0.1, -0.05) is 25.0 Å². The maximum absolute atomic E-state index is 15.3. The van der Waals surface area contributed by atoms with Crippen LogP contribution in [0.25, 0.3) is 50.2 Å². The van der Waals surface area contributed by atoms with Gasteiger partial charge in [0.05, 0.1) is 16.7 Å². The Morgan fingerprint density at radius 1 is 1.10 bits per heavy atom. The van der Waals surface area contributed by atoms with Crippen LogP contribution in [0.2, 0.25) is 0 Å². The first-order valence-electron chi connectivity index (χ1n) is 14.2. The number of rotatable bonds is 7. The number of aromatic amines is 2. The van der Waals surface area contributed by atoms with Crippen LogP contribution in [0.1, 0.15) is 50.3 Å². The molecule has 3 N–H and O–H groups in total. The van der Waals surface area contributed by atoms with E-state index in [1.54, 1.807) is 37.5 Å². The lowest BCUT2D eigenvalue weighted by molar-refractivity contribution is 0.260. The summed E-state index contributed by atoms with van der Waals surface area (Å²) in [6.07, 6.45) is 15.9. The first kappa shape index (κ1) is 25.7. The van der Waals surface area contributed by atoms with Crippen molar-refractivity contribution < 1.29 is 8.78 Å². The minimum atomic E-state index is -1.36. The van der Waals surface area contributed by atoms with Crippen molar-refractivity contribution >= 4 is 27.5 Å². The zero-order valence-electron chi connectivity index (χ0n) is 22.8. The van der Waals surface area contributed by atoms with Crippen molar-refractivity contribution in [3.63, 3.8) is 0 Å². The minimum absolute atomic E-state index is 0.277. The molecule has 0 radical (unpaired) electrons. The Hall–Kier alpha value is -4.24. The lowest BCUT2D eigenvalue weighted by Crippen LogP contribution is -2.20. The summed E-state index contributed by atoms with van der Waals surface area (Å²) in [5.41, 5.74) is 4.92. The molecule has 5 aromatic rings. The lowest BCUT2D eigenvalue weighted by atomic mass is 9.94. The van der Waals surface area contributed by atoms with E-state index < -0.39 is 5.67 Å². The average molecular weight is 552 g/mol. The summed E-state index contributed by atoms with van der Waals surface area (Å²) in [5, 5.41) is 11.7. The number of aromatic nitrogens is 6. The second-order valence-corrected chi connectivity index (χ2v) is 11.4. The molecule has 1 unspecified atom stereocenters. The van der Waals surface area contributed by atoms with Crippen molar-refractivity contribution in [3.8, 4) is 22.6 Å². The van der Waals surface area contributed by atoms with E-state index in [4.69, 9.17) is 4.98 Å². The molecule has 0 amide bonds. The van der Waals surface area contributed by atoms with Crippen molar-refractivity contribution in [2.24, 2.45) is 5.92 Å². The van der Waals surface area contributed by atoms with Crippen molar-refractivity contribution in [2.75, 3.05) is 6.54 Å². The van der Waals surface area contributed by atoms with Crippen LogP contribution < -0.4 is 5.32 Å². The predicted octanol–water partition coefficient (Wildman–Crippen LogP) is 7.05. The van der Waals surface area contributed by atoms with E-state index >= 15 is 4.39 Å². The number of nitrogens with one attached hydrogen (secondary N) is 3. The number of nitrogens with zero attached hydrogens (tertiary/aromatic N) is 4. The summed E-state index contributed by atoms with van der Waals surface area (Å²) < 4.78 is 29.6. The van der Waals surface area contributed by atoms with Crippen LogP contribution in [0.15, 0.2) is 61.1 Å². The molecule has 41 heavy (non-hydrogen) atoms. The second-order valence-electron chi connectivity index (χ2n) is 11.4. The number of halogens is 2. The SMILES string of the molecule is CC1(F)C=CC(c2nccc3[nH]c(-c4n[nH]c5cc(F)c(-c6cncc(CNCC7CCCC7)c6)cc45)nc23)=CC1. The molecule has 0 saturated heterocycles. The molecule has 0 bridgehead atoms. The highest BCUT2D eigenvalue weighted by Gasteiger charge is 2.24. The molecule has 1 aromatic carbocycles. The van der Waals surface area contributed by atoms with E-state index in [2.05, 4.69) is 30.5 Å². The molecule has 9 heteroatoms. The highest BCUT2D eigenvalue weighted by Crippen LogP contribution is 2.35. The van der Waals surface area contributed by atoms with Crippen LogP contribution in [0.4, 0.5) is 8.78 Å². The zero-order chi connectivity index (χ0) is 28.0. The number of hydrogen-bond donors (Lipinski definition) is 3. The van der Waals surface area contributed by atoms with Crippen LogP contribution in [0, 0.1) is 11.7 Å². The molecule has 2 aliphatic carbocycles. The van der Waals surface area contributed by atoms with Gasteiger partial charge in [-0.2, -0.15) is 5.10 Å². The molecule has 1 atom stereocenters. The van der Waals surface area contributed by atoms with Crippen molar-refractivity contribution in [1.29, 1.82) is 0 Å². The first-order valence-corrected chi connectivity index (χ1v) is 14.2. The quantitative estimate of drug-likeness (QED) is 0.201. The normalized spacial score (nSPS) is 19.4. The molecule has 208 valence electrons. The molecule has 1 fully saturated rings. The molecule has 4 aromatic heterocycles. The number of benzene rings is 1. The topological polar surface area (TPSA) is 95.2 Å². The van der Waals surface area contributed by atoms with Crippen LogP contribution in [0.3, 0.4) is 0 Å². The van der Waals surface area contributed by atoms with Gasteiger partial charge in [0.25, 0.3) is 0 Å². The molecular formula is C32H31F2N7. The summed E-state index contributed by atoms with van der Waals surface area (Å²) >= 11 is 0. The molecule has 0 spiro atoms. The first-order chi connectivity index (χ1) is 19.9. The monoisotopic (exact) mass is 551 g/mol. The smallest absolute Gasteiger partial charge is 0.159 e. The Bertz CT molecular complexity index is 1810. The molecule has 4 heterocycles. The van der Waals surface area contributed by atoms with Crippen LogP contribution in [-0.4, -0.2) is 42.3 Å². The highest BCUT2D eigenvalue weighted by atomic mass is 19.1. The number of hydrogen-bond acceptors (Lipinski definition) is 5. The molecular weight excluding hydrogens is 520 g/mol. The maximum atomic E-state index is 15.3. The lowest BCUT2D eigenvalue weighted by Gasteiger charge is -2.18. The van der Waals surface area contributed by atoms with E-state index in [1.807, 2.05) is 24.4 Å². The van der Waals surface area contributed by atoms with Gasteiger partial charge in [-0.15, -0.1) is 0 Å². The highest BCUT2D eigenvalue weighted by molar-refractivity contribution is 5.97. The Labute approximate surface area is 236 Å². The second kappa shape index (κ2) is 10.3. The van der Waals surface area contributed by atoms with Gasteiger partial charge in [0.15, 0.2) is 5.82 Å². The standard InChI is InChI=1S/C32H31F2N7/c1-32(34)9-6-21(7-10-32)28-30-26(8-11-37-28)38-31(39-30)29-24-13-23(25(33)14-27(24)40-41-29)22-12-20(17-36-18-22)16-35-15-19-4-2-3-5-19/h6-9,11-14,17-19,35H,2-5,10,15-16H2,1H3,(H,38,39)(H,40,41). The Kier molecular flexibility index (Phi) is 6.46. The number of pyridine rings is 2. The van der Waals surface area contributed by atoms with Gasteiger partial charge in [-0.05, 0) is 67.6 Å². The Morgan fingerprint density at radius 2 is 1.98 bits per heavy atom. The molecule has 7 rings (SSSR count). The molecule has 7 nitrogen and oxygen atoms in total. The zero-order valence-corrected chi connectivity index (χ0v) is 22.8. The molecule has 2 aliphatic rings. The fourth-order valence-corrected chi connectivity index (χ4v) is 5.95. The van der Waals surface area contributed by atoms with Gasteiger partial charge in [-0.3, -0.25) is 15.1 Å². The number of H-pyrrole nitrogens is 2. The third kappa shape index (κ3) is 5.06. The average Bonchev–Trinajstić information content (AvgIpc) is 3.72. The van der Waals surface area contributed by atoms with Gasteiger partial charge < -0.3 is 10.3 Å². The third-order valence-corrected chi connectivity index (χ3v) is 8.22. The van der Waals surface area contributed by atoms with Crippen LogP contribution >= 0.6 is 0 Å². The van der Waals surface area contributed by atoms with Gasteiger partial charge in [0.2, 0.25) is 0 Å². The van der Waals surface area contributed by atoms with Crippen molar-refractivity contribution in [3.05, 3.63) is 78.2 Å². The minimum Gasteiger partial charge on any atom is -0.336 e. The summed E-state index contributed by atoms with van der Waals surface area (Å²) in [4.78, 5) is 17.1.